The second-order valence-electron chi connectivity index (χ2n) is 7.08. The number of pyridine rings is 1. The maximum atomic E-state index is 10.5. The summed E-state index contributed by atoms with van der Waals surface area (Å²) in [6.07, 6.45) is 6.05. The number of H-pyrrole nitrogens is 1. The fourth-order valence-corrected chi connectivity index (χ4v) is 3.77. The minimum Gasteiger partial charge on any atom is -0.497 e. The summed E-state index contributed by atoms with van der Waals surface area (Å²) in [4.78, 5) is 6.36. The number of aliphatic hydroxyl groups is 1. The van der Waals surface area contributed by atoms with Gasteiger partial charge in [-0.05, 0) is 48.4 Å². The van der Waals surface area contributed by atoms with Gasteiger partial charge in [-0.1, -0.05) is 0 Å². The summed E-state index contributed by atoms with van der Waals surface area (Å²) in [5.74, 6) is 1.07. The Morgan fingerprint density at radius 2 is 1.93 bits per heavy atom. The summed E-state index contributed by atoms with van der Waals surface area (Å²) in [5.41, 5.74) is 4.45. The number of methoxy groups -OCH3 is 1. The van der Waals surface area contributed by atoms with Crippen LogP contribution < -0.4 is 4.74 Å². The summed E-state index contributed by atoms with van der Waals surface area (Å²) < 4.78 is 5.23. The fraction of sp³-hybridized carbons (Fsp3) is 0.333. The Morgan fingerprint density at radius 3 is 2.67 bits per heavy atom. The van der Waals surface area contributed by atoms with E-state index in [-0.39, 0.29) is 12.0 Å². The van der Waals surface area contributed by atoms with Crippen molar-refractivity contribution in [1.82, 2.24) is 20.1 Å². The number of aliphatic hydroxyl groups excluding tert-OH is 1. The standard InChI is InChI=1S/C21H24N4O2/c1-27-19-4-2-16(3-5-19)21-18(11-23-24-21)13-25-12-17(20(26)14-25)10-15-6-8-22-9-7-15/h2-9,11,17,20,26H,10,12-14H2,1H3,(H,23,24)/t17-,20+/m1/s1. The number of hydrogen-bond donors (Lipinski definition) is 2. The zero-order chi connectivity index (χ0) is 18.6. The molecule has 6 nitrogen and oxygen atoms in total. The lowest BCUT2D eigenvalue weighted by Gasteiger charge is -2.16. The van der Waals surface area contributed by atoms with E-state index in [4.69, 9.17) is 4.74 Å². The molecule has 6 heteroatoms. The van der Waals surface area contributed by atoms with Crippen LogP contribution in [-0.2, 0) is 13.0 Å². The van der Waals surface area contributed by atoms with Gasteiger partial charge in [0.2, 0.25) is 0 Å². The number of rotatable bonds is 6. The van der Waals surface area contributed by atoms with Crippen LogP contribution in [0, 0.1) is 5.92 Å². The second kappa shape index (κ2) is 7.90. The van der Waals surface area contributed by atoms with E-state index in [1.54, 1.807) is 19.5 Å². The van der Waals surface area contributed by atoms with Gasteiger partial charge in [-0.2, -0.15) is 5.10 Å². The van der Waals surface area contributed by atoms with E-state index in [1.165, 1.54) is 5.56 Å². The lowest BCUT2D eigenvalue weighted by atomic mass is 9.97. The van der Waals surface area contributed by atoms with E-state index >= 15 is 0 Å². The molecule has 1 aliphatic rings. The number of aromatic amines is 1. The lowest BCUT2D eigenvalue weighted by molar-refractivity contribution is 0.141. The van der Waals surface area contributed by atoms with Crippen LogP contribution in [0.3, 0.4) is 0 Å². The molecule has 2 N–H and O–H groups in total. The highest BCUT2D eigenvalue weighted by atomic mass is 16.5. The van der Waals surface area contributed by atoms with Crippen LogP contribution in [0.5, 0.6) is 5.75 Å². The highest BCUT2D eigenvalue weighted by Crippen LogP contribution is 2.27. The third kappa shape index (κ3) is 4.02. The Labute approximate surface area is 158 Å². The average molecular weight is 364 g/mol. The topological polar surface area (TPSA) is 74.3 Å². The highest BCUT2D eigenvalue weighted by Gasteiger charge is 2.31. The monoisotopic (exact) mass is 364 g/mol. The molecule has 1 aliphatic heterocycles. The summed E-state index contributed by atoms with van der Waals surface area (Å²) in [5, 5.41) is 17.8. The normalized spacial score (nSPS) is 20.1. The SMILES string of the molecule is COc1ccc(-c2[nH]ncc2CN2C[C@@H](Cc3ccncc3)[C@@H](O)C2)cc1. The second-order valence-corrected chi connectivity index (χ2v) is 7.08. The van der Waals surface area contributed by atoms with Gasteiger partial charge in [0, 0.05) is 49.1 Å². The summed E-state index contributed by atoms with van der Waals surface area (Å²) in [6.45, 7) is 2.32. The first-order valence-electron chi connectivity index (χ1n) is 9.19. The number of nitrogens with zero attached hydrogens (tertiary/aromatic N) is 3. The Balaban J connectivity index is 1.43. The third-order valence-electron chi connectivity index (χ3n) is 5.22. The molecule has 0 bridgehead atoms. The molecule has 0 radical (unpaired) electrons. The Bertz CT molecular complexity index is 863. The maximum absolute atomic E-state index is 10.5. The van der Waals surface area contributed by atoms with Gasteiger partial charge in [0.25, 0.3) is 0 Å². The van der Waals surface area contributed by atoms with Crippen molar-refractivity contribution in [3.8, 4) is 17.0 Å². The summed E-state index contributed by atoms with van der Waals surface area (Å²) in [7, 11) is 1.66. The van der Waals surface area contributed by atoms with E-state index in [2.05, 4.69) is 20.1 Å². The van der Waals surface area contributed by atoms with Crippen LogP contribution in [0.15, 0.2) is 55.0 Å². The molecule has 1 aromatic carbocycles. The molecule has 27 heavy (non-hydrogen) atoms. The van der Waals surface area contributed by atoms with Gasteiger partial charge in [0.05, 0.1) is 25.1 Å². The van der Waals surface area contributed by atoms with Crippen molar-refractivity contribution in [1.29, 1.82) is 0 Å². The molecule has 0 spiro atoms. The zero-order valence-electron chi connectivity index (χ0n) is 15.4. The molecule has 2 atom stereocenters. The first-order chi connectivity index (χ1) is 13.2. The number of aromatic nitrogens is 3. The molecule has 0 unspecified atom stereocenters. The minimum atomic E-state index is -0.311. The third-order valence-corrected chi connectivity index (χ3v) is 5.22. The van der Waals surface area contributed by atoms with Crippen molar-refractivity contribution in [2.45, 2.75) is 19.1 Å². The van der Waals surface area contributed by atoms with Gasteiger partial charge < -0.3 is 9.84 Å². The molecule has 2 aromatic heterocycles. The molecule has 3 heterocycles. The van der Waals surface area contributed by atoms with Crippen molar-refractivity contribution in [2.75, 3.05) is 20.2 Å². The van der Waals surface area contributed by atoms with Crippen molar-refractivity contribution in [2.24, 2.45) is 5.92 Å². The molecule has 0 amide bonds. The van der Waals surface area contributed by atoms with E-state index in [0.29, 0.717) is 6.54 Å². The molecular weight excluding hydrogens is 340 g/mol. The number of β-amino-alcohol motifs (C(OH)–C–C–N with tert-alkyl or cyclic N) is 1. The van der Waals surface area contributed by atoms with Crippen molar-refractivity contribution >= 4 is 0 Å². The van der Waals surface area contributed by atoms with Crippen LogP contribution in [0.1, 0.15) is 11.1 Å². The van der Waals surface area contributed by atoms with E-state index in [0.717, 1.165) is 42.1 Å². The maximum Gasteiger partial charge on any atom is 0.118 e. The smallest absolute Gasteiger partial charge is 0.118 e. The molecule has 3 aromatic rings. The quantitative estimate of drug-likeness (QED) is 0.703. The van der Waals surface area contributed by atoms with Crippen LogP contribution in [-0.4, -0.2) is 51.5 Å². The summed E-state index contributed by atoms with van der Waals surface area (Å²) >= 11 is 0. The number of hydrogen-bond acceptors (Lipinski definition) is 5. The molecule has 140 valence electrons. The Kier molecular flexibility index (Phi) is 5.18. The van der Waals surface area contributed by atoms with Crippen LogP contribution in [0.25, 0.3) is 11.3 Å². The van der Waals surface area contributed by atoms with Gasteiger partial charge in [-0.25, -0.2) is 0 Å². The van der Waals surface area contributed by atoms with E-state index < -0.39 is 0 Å². The molecular formula is C21H24N4O2. The molecule has 0 aliphatic carbocycles. The van der Waals surface area contributed by atoms with Crippen molar-refractivity contribution in [3.63, 3.8) is 0 Å². The highest BCUT2D eigenvalue weighted by molar-refractivity contribution is 5.63. The summed E-state index contributed by atoms with van der Waals surface area (Å²) in [6, 6.07) is 12.0. The van der Waals surface area contributed by atoms with Gasteiger partial charge in [0.1, 0.15) is 5.75 Å². The average Bonchev–Trinajstić information content (AvgIpc) is 3.29. The van der Waals surface area contributed by atoms with Crippen LogP contribution in [0.4, 0.5) is 0 Å². The largest absolute Gasteiger partial charge is 0.497 e. The fourth-order valence-electron chi connectivity index (χ4n) is 3.77. The van der Waals surface area contributed by atoms with Gasteiger partial charge in [0.15, 0.2) is 0 Å². The van der Waals surface area contributed by atoms with Crippen molar-refractivity contribution in [3.05, 3.63) is 66.1 Å². The van der Waals surface area contributed by atoms with Gasteiger partial charge in [-0.15, -0.1) is 0 Å². The number of nitrogens with one attached hydrogen (secondary N) is 1. The van der Waals surface area contributed by atoms with Gasteiger partial charge >= 0.3 is 0 Å². The Hall–Kier alpha value is -2.70. The molecule has 1 saturated heterocycles. The van der Waals surface area contributed by atoms with E-state index in [9.17, 15) is 5.11 Å². The van der Waals surface area contributed by atoms with Gasteiger partial charge in [-0.3, -0.25) is 15.0 Å². The van der Waals surface area contributed by atoms with Crippen LogP contribution in [0.2, 0.25) is 0 Å². The minimum absolute atomic E-state index is 0.240. The first-order valence-corrected chi connectivity index (χ1v) is 9.19. The number of benzene rings is 1. The zero-order valence-corrected chi connectivity index (χ0v) is 15.4. The van der Waals surface area contributed by atoms with Crippen molar-refractivity contribution < 1.29 is 9.84 Å². The van der Waals surface area contributed by atoms with E-state index in [1.807, 2.05) is 42.6 Å². The number of ether oxygens (including phenoxy) is 1. The Morgan fingerprint density at radius 1 is 1.15 bits per heavy atom. The molecule has 0 saturated carbocycles. The first kappa shape index (κ1) is 17.7. The number of likely N-dealkylation sites (tertiary alicyclic amines) is 1. The lowest BCUT2D eigenvalue weighted by Crippen LogP contribution is -2.21. The predicted octanol–water partition coefficient (Wildman–Crippen LogP) is 2.52. The molecule has 4 rings (SSSR count). The predicted molar refractivity (Wildman–Crippen MR) is 103 cm³/mol. The van der Waals surface area contributed by atoms with Crippen LogP contribution >= 0.6 is 0 Å². The molecule has 1 fully saturated rings.